The number of quaternary nitrogens is 1. The van der Waals surface area contributed by atoms with E-state index in [0.717, 1.165) is 0 Å². The number of hydrogen-bond acceptors (Lipinski definition) is 0. The molecule has 0 amide bonds. The molecule has 0 spiro atoms. The van der Waals surface area contributed by atoms with Crippen molar-refractivity contribution >= 4 is 5.69 Å². The lowest BCUT2D eigenvalue weighted by Gasteiger charge is -2.35. The van der Waals surface area contributed by atoms with Crippen molar-refractivity contribution in [2.75, 3.05) is 19.6 Å². The van der Waals surface area contributed by atoms with Crippen molar-refractivity contribution in [3.05, 3.63) is 29.8 Å². The van der Waals surface area contributed by atoms with Crippen LogP contribution in [0.5, 0.6) is 0 Å². The van der Waals surface area contributed by atoms with Crippen LogP contribution in [0.1, 0.15) is 38.2 Å². The van der Waals surface area contributed by atoms with Crippen molar-refractivity contribution in [2.24, 2.45) is 0 Å². The monoisotopic (exact) mass is 218 g/mol. The molecule has 1 aromatic rings. The fourth-order valence-corrected chi connectivity index (χ4v) is 3.08. The van der Waals surface area contributed by atoms with Crippen LogP contribution in [-0.4, -0.2) is 19.6 Å². The summed E-state index contributed by atoms with van der Waals surface area (Å²) in [5.74, 6) is 0. The van der Waals surface area contributed by atoms with Crippen molar-refractivity contribution in [3.8, 4) is 0 Å². The molecule has 2 rings (SSSR count). The highest BCUT2D eigenvalue weighted by atomic mass is 15.4. The topological polar surface area (TPSA) is 0 Å². The summed E-state index contributed by atoms with van der Waals surface area (Å²) in [6.07, 6.45) is 5.47. The number of hydrogen-bond donors (Lipinski definition) is 0. The van der Waals surface area contributed by atoms with Crippen LogP contribution in [0.25, 0.3) is 0 Å². The maximum Gasteiger partial charge on any atom is 0.135 e. The molecule has 0 radical (unpaired) electrons. The second-order valence-corrected chi connectivity index (χ2v) is 5.16. The number of para-hydroxylation sites is 1. The number of unbranched alkanes of at least 4 members (excludes halogenated alkanes) is 1. The molecule has 1 heteroatoms. The lowest BCUT2D eigenvalue weighted by molar-refractivity contribution is 0.325. The first-order valence-electron chi connectivity index (χ1n) is 6.71. The molecule has 88 valence electrons. The first-order chi connectivity index (χ1) is 7.78. The Labute approximate surface area is 99.7 Å². The van der Waals surface area contributed by atoms with Gasteiger partial charge in [-0.3, -0.25) is 4.48 Å². The first kappa shape index (κ1) is 11.7. The second kappa shape index (κ2) is 5.01. The molecule has 16 heavy (non-hydrogen) atoms. The highest BCUT2D eigenvalue weighted by Gasteiger charge is 2.34. The highest BCUT2D eigenvalue weighted by Crippen LogP contribution is 2.32. The standard InChI is InChI=1S/C15H24N/c1-3-4-11-16(12-7-8-13-16)15-10-6-5-9-14(15)2/h5-6,9-10H,3-4,7-8,11-13H2,1-2H3/q+1. The summed E-state index contributed by atoms with van der Waals surface area (Å²) in [5, 5.41) is 0. The van der Waals surface area contributed by atoms with E-state index in [2.05, 4.69) is 38.1 Å². The fraction of sp³-hybridized carbons (Fsp3) is 0.600. The molecule has 0 saturated carbocycles. The predicted octanol–water partition coefficient (Wildman–Crippen LogP) is 3.90. The Morgan fingerprint density at radius 1 is 1.12 bits per heavy atom. The molecule has 0 aliphatic carbocycles. The van der Waals surface area contributed by atoms with Crippen LogP contribution in [0.15, 0.2) is 24.3 Å². The van der Waals surface area contributed by atoms with Gasteiger partial charge in [0.2, 0.25) is 0 Å². The largest absolute Gasteiger partial charge is 0.291 e. The van der Waals surface area contributed by atoms with Gasteiger partial charge in [0, 0.05) is 18.4 Å². The van der Waals surface area contributed by atoms with Crippen molar-refractivity contribution in [3.63, 3.8) is 0 Å². The summed E-state index contributed by atoms with van der Waals surface area (Å²) in [6.45, 7) is 8.60. The van der Waals surface area contributed by atoms with Gasteiger partial charge in [0.25, 0.3) is 0 Å². The van der Waals surface area contributed by atoms with Crippen molar-refractivity contribution in [2.45, 2.75) is 39.5 Å². The van der Waals surface area contributed by atoms with Gasteiger partial charge in [-0.15, -0.1) is 0 Å². The SMILES string of the molecule is CCCC[N+]1(c2ccccc2C)CCCC1. The molecule has 1 saturated heterocycles. The Balaban J connectivity index is 2.28. The van der Waals surface area contributed by atoms with Gasteiger partial charge in [-0.2, -0.15) is 0 Å². The summed E-state index contributed by atoms with van der Waals surface area (Å²) in [5.41, 5.74) is 3.05. The third kappa shape index (κ3) is 2.15. The summed E-state index contributed by atoms with van der Waals surface area (Å²) < 4.78 is 1.25. The molecule has 0 unspecified atom stereocenters. The Bertz CT molecular complexity index is 337. The van der Waals surface area contributed by atoms with Crippen LogP contribution in [-0.2, 0) is 0 Å². The van der Waals surface area contributed by atoms with E-state index in [9.17, 15) is 0 Å². The summed E-state index contributed by atoms with van der Waals surface area (Å²) in [7, 11) is 0. The zero-order valence-electron chi connectivity index (χ0n) is 10.7. The number of rotatable bonds is 4. The molecule has 1 nitrogen and oxygen atoms in total. The molecule has 0 bridgehead atoms. The van der Waals surface area contributed by atoms with E-state index in [4.69, 9.17) is 0 Å². The van der Waals surface area contributed by atoms with Crippen LogP contribution < -0.4 is 4.48 Å². The molecule has 1 aliphatic heterocycles. The maximum absolute atomic E-state index is 2.34. The van der Waals surface area contributed by atoms with Gasteiger partial charge >= 0.3 is 0 Å². The Morgan fingerprint density at radius 3 is 2.44 bits per heavy atom. The fourth-order valence-electron chi connectivity index (χ4n) is 3.08. The van der Waals surface area contributed by atoms with Crippen molar-refractivity contribution in [1.82, 2.24) is 4.48 Å². The van der Waals surface area contributed by atoms with Crippen LogP contribution in [0, 0.1) is 6.92 Å². The number of benzene rings is 1. The second-order valence-electron chi connectivity index (χ2n) is 5.16. The van der Waals surface area contributed by atoms with E-state index in [1.165, 1.54) is 55.4 Å². The molecule has 1 aromatic carbocycles. The van der Waals surface area contributed by atoms with Gasteiger partial charge in [-0.25, -0.2) is 0 Å². The van der Waals surface area contributed by atoms with Gasteiger partial charge in [0.05, 0.1) is 19.6 Å². The van der Waals surface area contributed by atoms with E-state index in [1.54, 1.807) is 5.69 Å². The minimum absolute atomic E-state index is 1.25. The maximum atomic E-state index is 2.34. The molecule has 1 fully saturated rings. The van der Waals surface area contributed by atoms with E-state index in [1.807, 2.05) is 0 Å². The summed E-state index contributed by atoms with van der Waals surface area (Å²) in [4.78, 5) is 0. The number of likely N-dealkylation sites (tertiary alicyclic amines) is 1. The van der Waals surface area contributed by atoms with Crippen LogP contribution in [0.3, 0.4) is 0 Å². The summed E-state index contributed by atoms with van der Waals surface area (Å²) in [6, 6.07) is 8.97. The highest BCUT2D eigenvalue weighted by molar-refractivity contribution is 5.50. The number of aryl methyl sites for hydroxylation is 1. The quantitative estimate of drug-likeness (QED) is 0.672. The molecule has 0 atom stereocenters. The van der Waals surface area contributed by atoms with Gasteiger partial charge in [0.1, 0.15) is 5.69 Å². The van der Waals surface area contributed by atoms with Crippen LogP contribution in [0.2, 0.25) is 0 Å². The average Bonchev–Trinajstić information content (AvgIpc) is 2.77. The molecular formula is C15H24N+. The van der Waals surface area contributed by atoms with E-state index >= 15 is 0 Å². The zero-order valence-corrected chi connectivity index (χ0v) is 10.7. The van der Waals surface area contributed by atoms with E-state index < -0.39 is 0 Å². The lowest BCUT2D eigenvalue weighted by atomic mass is 10.1. The Morgan fingerprint density at radius 2 is 1.81 bits per heavy atom. The molecule has 0 aromatic heterocycles. The minimum atomic E-state index is 1.25. The average molecular weight is 218 g/mol. The van der Waals surface area contributed by atoms with Gasteiger partial charge in [-0.1, -0.05) is 31.5 Å². The smallest absolute Gasteiger partial charge is 0.135 e. The van der Waals surface area contributed by atoms with Gasteiger partial charge in [0.15, 0.2) is 0 Å². The van der Waals surface area contributed by atoms with Crippen molar-refractivity contribution < 1.29 is 0 Å². The van der Waals surface area contributed by atoms with Crippen molar-refractivity contribution in [1.29, 1.82) is 0 Å². The summed E-state index contributed by atoms with van der Waals surface area (Å²) >= 11 is 0. The molecular weight excluding hydrogens is 194 g/mol. The molecule has 1 aliphatic rings. The lowest BCUT2D eigenvalue weighted by Crippen LogP contribution is -2.47. The van der Waals surface area contributed by atoms with Crippen LogP contribution >= 0.6 is 0 Å². The normalized spacial score (nSPS) is 18.9. The van der Waals surface area contributed by atoms with E-state index in [0.29, 0.717) is 0 Å². The zero-order chi connectivity index (χ0) is 11.4. The van der Waals surface area contributed by atoms with Crippen LogP contribution in [0.4, 0.5) is 5.69 Å². The molecule has 0 N–H and O–H groups in total. The van der Waals surface area contributed by atoms with E-state index in [-0.39, 0.29) is 0 Å². The minimum Gasteiger partial charge on any atom is -0.291 e. The molecule has 1 heterocycles. The Kier molecular flexibility index (Phi) is 3.65. The third-order valence-electron chi connectivity index (χ3n) is 3.99. The first-order valence-corrected chi connectivity index (χ1v) is 6.71. The Hall–Kier alpha value is -0.820. The number of nitrogens with zero attached hydrogens (tertiary/aromatic N) is 1. The van der Waals surface area contributed by atoms with Gasteiger partial charge in [-0.05, 0) is 19.4 Å². The third-order valence-corrected chi connectivity index (χ3v) is 3.99. The predicted molar refractivity (Wildman–Crippen MR) is 71.7 cm³/mol. The van der Waals surface area contributed by atoms with Gasteiger partial charge < -0.3 is 0 Å².